The van der Waals surface area contributed by atoms with Crippen molar-refractivity contribution in [3.63, 3.8) is 0 Å². The molecule has 0 saturated carbocycles. The van der Waals surface area contributed by atoms with Crippen LogP contribution in [0.15, 0.2) is 6.33 Å². The van der Waals surface area contributed by atoms with E-state index in [2.05, 4.69) is 20.1 Å². The van der Waals surface area contributed by atoms with Crippen LogP contribution in [0.4, 0.5) is 0 Å². The maximum absolute atomic E-state index is 11.2. The van der Waals surface area contributed by atoms with E-state index in [0.717, 1.165) is 0 Å². The summed E-state index contributed by atoms with van der Waals surface area (Å²) in [5.74, 6) is -0.901. The lowest BCUT2D eigenvalue weighted by Gasteiger charge is -2.08. The zero-order valence-electron chi connectivity index (χ0n) is 8.72. The first-order chi connectivity index (χ1) is 7.10. The van der Waals surface area contributed by atoms with E-state index in [4.69, 9.17) is 0 Å². The van der Waals surface area contributed by atoms with Crippen LogP contribution in [0.1, 0.15) is 23.6 Å². The maximum atomic E-state index is 11.2. The largest absolute Gasteiger partial charge is 0.463 e. The van der Waals surface area contributed by atoms with Crippen LogP contribution in [0, 0.1) is 0 Å². The van der Waals surface area contributed by atoms with Gasteiger partial charge in [-0.25, -0.2) is 14.5 Å². The summed E-state index contributed by atoms with van der Waals surface area (Å²) in [6.45, 7) is 1.65. The minimum absolute atomic E-state index is 0.0618. The fourth-order valence-electron chi connectivity index (χ4n) is 0.975. The summed E-state index contributed by atoms with van der Waals surface area (Å²) >= 11 is 0. The van der Waals surface area contributed by atoms with E-state index in [1.54, 1.807) is 6.92 Å². The zero-order chi connectivity index (χ0) is 11.4. The highest BCUT2D eigenvalue weighted by molar-refractivity contribution is 5.85. The molecular weight excluding hydrogens is 200 g/mol. The first-order valence-electron chi connectivity index (χ1n) is 4.31. The molecule has 0 aliphatic carbocycles. The van der Waals surface area contributed by atoms with Gasteiger partial charge in [-0.1, -0.05) is 0 Å². The van der Waals surface area contributed by atoms with Gasteiger partial charge in [-0.3, -0.25) is 4.79 Å². The van der Waals surface area contributed by atoms with Gasteiger partial charge in [0.05, 0.1) is 7.11 Å². The topological polar surface area (TPSA) is 86.1 Å². The average Bonchev–Trinajstić information content (AvgIpc) is 2.75. The molecule has 1 atom stereocenters. The molecule has 7 nitrogen and oxygen atoms in total. The van der Waals surface area contributed by atoms with Crippen molar-refractivity contribution in [2.24, 2.45) is 0 Å². The summed E-state index contributed by atoms with van der Waals surface area (Å²) in [4.78, 5) is 26.0. The molecule has 1 unspecified atom stereocenters. The van der Waals surface area contributed by atoms with E-state index in [1.165, 1.54) is 25.2 Å². The summed E-state index contributed by atoms with van der Waals surface area (Å²) in [6, 6.07) is -0.513. The standard InChI is InChI=1S/C8H12N4O3/c1-5(7(13)9-2)12-4-10-6(11-12)8(14)15-3/h4-5H,1-3H3,(H,9,13). The zero-order valence-corrected chi connectivity index (χ0v) is 8.72. The SMILES string of the molecule is CNC(=O)C(C)n1cnc(C(=O)OC)n1. The van der Waals surface area contributed by atoms with Crippen LogP contribution < -0.4 is 5.32 Å². The minimum Gasteiger partial charge on any atom is -0.463 e. The van der Waals surface area contributed by atoms with E-state index >= 15 is 0 Å². The number of amides is 1. The molecular formula is C8H12N4O3. The summed E-state index contributed by atoms with van der Waals surface area (Å²) in [5.41, 5.74) is 0. The second-order valence-electron chi connectivity index (χ2n) is 2.83. The highest BCUT2D eigenvalue weighted by Crippen LogP contribution is 2.03. The van der Waals surface area contributed by atoms with Crippen molar-refractivity contribution in [2.45, 2.75) is 13.0 Å². The van der Waals surface area contributed by atoms with Crippen LogP contribution in [0.2, 0.25) is 0 Å². The molecule has 0 aromatic carbocycles. The quantitative estimate of drug-likeness (QED) is 0.674. The maximum Gasteiger partial charge on any atom is 0.377 e. The van der Waals surface area contributed by atoms with Gasteiger partial charge in [0.2, 0.25) is 5.91 Å². The first kappa shape index (κ1) is 11.2. The number of hydrogen-bond donors (Lipinski definition) is 1. The van der Waals surface area contributed by atoms with Gasteiger partial charge in [0.15, 0.2) is 0 Å². The van der Waals surface area contributed by atoms with Gasteiger partial charge >= 0.3 is 5.97 Å². The predicted octanol–water partition coefficient (Wildman–Crippen LogP) is -0.628. The molecule has 0 spiro atoms. The fraction of sp³-hybridized carbons (Fsp3) is 0.500. The van der Waals surface area contributed by atoms with Gasteiger partial charge in [-0.15, -0.1) is 5.10 Å². The lowest BCUT2D eigenvalue weighted by atomic mass is 10.3. The molecule has 0 fully saturated rings. The van der Waals surface area contributed by atoms with Crippen molar-refractivity contribution in [3.05, 3.63) is 12.2 Å². The van der Waals surface area contributed by atoms with Crippen LogP contribution in [0.3, 0.4) is 0 Å². The average molecular weight is 212 g/mol. The summed E-state index contributed by atoms with van der Waals surface area (Å²) in [6.07, 6.45) is 1.31. The smallest absolute Gasteiger partial charge is 0.377 e. The van der Waals surface area contributed by atoms with Gasteiger partial charge in [-0.2, -0.15) is 0 Å². The molecule has 7 heteroatoms. The van der Waals surface area contributed by atoms with E-state index in [0.29, 0.717) is 0 Å². The minimum atomic E-state index is -0.627. The van der Waals surface area contributed by atoms with E-state index in [1.807, 2.05) is 0 Å². The number of methoxy groups -OCH3 is 1. The van der Waals surface area contributed by atoms with Crippen molar-refractivity contribution >= 4 is 11.9 Å². The molecule has 1 N–H and O–H groups in total. The Labute approximate surface area is 86.4 Å². The summed E-state index contributed by atoms with van der Waals surface area (Å²) < 4.78 is 5.74. The number of likely N-dealkylation sites (N-methyl/N-ethyl adjacent to an activating group) is 1. The number of nitrogens with zero attached hydrogens (tertiary/aromatic N) is 3. The highest BCUT2D eigenvalue weighted by atomic mass is 16.5. The normalized spacial score (nSPS) is 11.9. The molecule has 1 heterocycles. The lowest BCUT2D eigenvalue weighted by Crippen LogP contribution is -2.28. The predicted molar refractivity (Wildman–Crippen MR) is 50.1 cm³/mol. The van der Waals surface area contributed by atoms with Crippen molar-refractivity contribution in [3.8, 4) is 0 Å². The molecule has 1 rings (SSSR count). The molecule has 0 bridgehead atoms. The van der Waals surface area contributed by atoms with Crippen molar-refractivity contribution in [1.29, 1.82) is 0 Å². The molecule has 1 aromatic rings. The lowest BCUT2D eigenvalue weighted by molar-refractivity contribution is -0.123. The second-order valence-corrected chi connectivity index (χ2v) is 2.83. The van der Waals surface area contributed by atoms with Gasteiger partial charge < -0.3 is 10.1 Å². The molecule has 15 heavy (non-hydrogen) atoms. The first-order valence-corrected chi connectivity index (χ1v) is 4.31. The van der Waals surface area contributed by atoms with Gasteiger partial charge in [0.25, 0.3) is 5.82 Å². The third kappa shape index (κ3) is 2.30. The Morgan fingerprint density at radius 3 is 2.80 bits per heavy atom. The third-order valence-electron chi connectivity index (χ3n) is 1.90. The Balaban J connectivity index is 2.84. The summed E-state index contributed by atoms with van der Waals surface area (Å²) in [7, 11) is 2.77. The summed E-state index contributed by atoms with van der Waals surface area (Å²) in [5, 5.41) is 6.29. The molecule has 0 aliphatic rings. The Kier molecular flexibility index (Phi) is 3.37. The molecule has 0 aliphatic heterocycles. The number of nitrogens with one attached hydrogen (secondary N) is 1. The molecule has 1 amide bonds. The van der Waals surface area contributed by atoms with E-state index < -0.39 is 12.0 Å². The Morgan fingerprint density at radius 1 is 1.60 bits per heavy atom. The van der Waals surface area contributed by atoms with E-state index in [-0.39, 0.29) is 11.7 Å². The van der Waals surface area contributed by atoms with E-state index in [9.17, 15) is 9.59 Å². The monoisotopic (exact) mass is 212 g/mol. The van der Waals surface area contributed by atoms with Gasteiger partial charge in [0.1, 0.15) is 12.4 Å². The Morgan fingerprint density at radius 2 is 2.27 bits per heavy atom. The molecule has 1 aromatic heterocycles. The van der Waals surface area contributed by atoms with Crippen LogP contribution in [0.5, 0.6) is 0 Å². The molecule has 0 radical (unpaired) electrons. The number of carbonyl (C=O) groups excluding carboxylic acids is 2. The van der Waals surface area contributed by atoms with Crippen LogP contribution in [-0.4, -0.2) is 40.8 Å². The second kappa shape index (κ2) is 4.54. The van der Waals surface area contributed by atoms with Crippen LogP contribution in [-0.2, 0) is 9.53 Å². The highest BCUT2D eigenvalue weighted by Gasteiger charge is 2.17. The number of carbonyl (C=O) groups is 2. The Bertz CT molecular complexity index is 374. The Hall–Kier alpha value is -1.92. The van der Waals surface area contributed by atoms with Crippen LogP contribution >= 0.6 is 0 Å². The molecule has 82 valence electrons. The van der Waals surface area contributed by atoms with Gasteiger partial charge in [-0.05, 0) is 6.92 Å². The fourth-order valence-corrected chi connectivity index (χ4v) is 0.975. The van der Waals surface area contributed by atoms with Crippen molar-refractivity contribution in [1.82, 2.24) is 20.1 Å². The van der Waals surface area contributed by atoms with Gasteiger partial charge in [0, 0.05) is 7.05 Å². The molecule has 0 saturated heterocycles. The van der Waals surface area contributed by atoms with Crippen molar-refractivity contribution < 1.29 is 14.3 Å². The van der Waals surface area contributed by atoms with Crippen molar-refractivity contribution in [2.75, 3.05) is 14.2 Å². The number of esters is 1. The van der Waals surface area contributed by atoms with Crippen LogP contribution in [0.25, 0.3) is 0 Å². The number of ether oxygens (including phenoxy) is 1. The number of aromatic nitrogens is 3. The number of hydrogen-bond acceptors (Lipinski definition) is 5. The number of rotatable bonds is 3. The third-order valence-corrected chi connectivity index (χ3v) is 1.90.